The van der Waals surface area contributed by atoms with Crippen LogP contribution in [0.2, 0.25) is 5.82 Å². The van der Waals surface area contributed by atoms with E-state index in [4.69, 9.17) is 0 Å². The first-order valence-corrected chi connectivity index (χ1v) is 23.5. The first-order chi connectivity index (χ1) is 29.7. The Labute approximate surface area is 369 Å². The average molecular weight is 877 g/mol. The fourth-order valence-corrected chi connectivity index (χ4v) is 11.1. The third kappa shape index (κ3) is 18.9. The van der Waals surface area contributed by atoms with Crippen molar-refractivity contribution in [2.45, 2.75) is 108 Å². The van der Waals surface area contributed by atoms with Gasteiger partial charge in [-0.25, -0.2) is 0 Å². The van der Waals surface area contributed by atoms with Gasteiger partial charge < -0.3 is 40.7 Å². The Hall–Kier alpha value is -3.13. The summed E-state index contributed by atoms with van der Waals surface area (Å²) in [5, 5.41) is 62.4. The van der Waals surface area contributed by atoms with Crippen molar-refractivity contribution in [3.8, 4) is 0 Å². The van der Waals surface area contributed by atoms with Crippen LogP contribution in [0, 0.1) is 29.6 Å². The lowest BCUT2D eigenvalue weighted by molar-refractivity contribution is -0.142. The second-order valence-electron chi connectivity index (χ2n) is 18.9. The van der Waals surface area contributed by atoms with Crippen LogP contribution in [0.15, 0.2) is 12.7 Å². The predicted octanol–water partition coefficient (Wildman–Crippen LogP) is 2.34. The van der Waals surface area contributed by atoms with E-state index in [9.17, 15) is 54.4 Å². The molecule has 352 valence electrons. The number of hydrogen-bond acceptors (Lipinski definition) is 12. The van der Waals surface area contributed by atoms with Crippen molar-refractivity contribution in [1.29, 1.82) is 0 Å². The van der Waals surface area contributed by atoms with Crippen LogP contribution in [0.1, 0.15) is 96.3 Å². The zero-order chi connectivity index (χ0) is 45.0. The molecule has 18 heteroatoms. The van der Waals surface area contributed by atoms with Crippen molar-refractivity contribution < 1.29 is 54.4 Å². The molecule has 17 nitrogen and oxygen atoms in total. The van der Waals surface area contributed by atoms with Crippen LogP contribution in [0.4, 0.5) is 0 Å². The van der Waals surface area contributed by atoms with Crippen molar-refractivity contribution in [2.24, 2.45) is 29.6 Å². The molecule has 0 aromatic carbocycles. The number of carboxylic acids is 4. The zero-order valence-corrected chi connectivity index (χ0v) is 37.1. The Bertz CT molecular complexity index is 1420. The summed E-state index contributed by atoms with van der Waals surface area (Å²) in [5.41, 5.74) is 0. The molecule has 3 aliphatic carbocycles. The molecule has 1 aliphatic heterocycles. The van der Waals surface area contributed by atoms with E-state index >= 15 is 0 Å². The van der Waals surface area contributed by atoms with Crippen LogP contribution in [-0.4, -0.2) is 196 Å². The molecule has 5 atom stereocenters. The molecule has 3 saturated carbocycles. The molecular formula is C44H77BN6O11. The number of nitrogens with one attached hydrogen (secondary N) is 1. The van der Waals surface area contributed by atoms with E-state index in [-0.39, 0.29) is 89.1 Å². The molecule has 0 bridgehead atoms. The lowest BCUT2D eigenvalue weighted by Crippen LogP contribution is -2.53. The highest BCUT2D eigenvalue weighted by atomic mass is 16.4. The smallest absolute Gasteiger partial charge is 0.455 e. The van der Waals surface area contributed by atoms with Gasteiger partial charge in [-0.2, -0.15) is 0 Å². The number of hydrogen-bond donors (Lipinski definition) is 7. The molecule has 1 saturated heterocycles. The maximum Gasteiger partial charge on any atom is 0.455 e. The zero-order valence-electron chi connectivity index (χ0n) is 37.1. The molecule has 5 unspecified atom stereocenters. The van der Waals surface area contributed by atoms with Crippen molar-refractivity contribution >= 4 is 36.9 Å². The van der Waals surface area contributed by atoms with E-state index in [1.165, 1.54) is 31.8 Å². The maximum atomic E-state index is 12.2. The van der Waals surface area contributed by atoms with Gasteiger partial charge in [-0.1, -0.05) is 51.5 Å². The van der Waals surface area contributed by atoms with Crippen molar-refractivity contribution in [1.82, 2.24) is 29.8 Å². The quantitative estimate of drug-likeness (QED) is 0.0470. The number of aliphatic carboxylic acids is 4. The normalized spacial score (nSPS) is 28.0. The highest BCUT2D eigenvalue weighted by molar-refractivity contribution is 6.43. The SMILES string of the molecule is C=CC(=O)NCCCCN(CC1CCCC(C2CCC(CC3CN(CC(=O)O)CCN(CC(=O)O)CCN(CC(=O)O)CCN3CC(=O)O)CC2)C1)CC1CCCCC1B(O)O. The van der Waals surface area contributed by atoms with Crippen LogP contribution < -0.4 is 5.32 Å². The molecule has 4 rings (SSSR count). The van der Waals surface area contributed by atoms with Crippen LogP contribution >= 0.6 is 0 Å². The summed E-state index contributed by atoms with van der Waals surface area (Å²) in [4.78, 5) is 69.1. The Morgan fingerprint density at radius 2 is 1.24 bits per heavy atom. The molecule has 4 fully saturated rings. The van der Waals surface area contributed by atoms with Crippen molar-refractivity contribution in [3.05, 3.63) is 12.7 Å². The number of amides is 1. The van der Waals surface area contributed by atoms with E-state index in [0.717, 1.165) is 83.8 Å². The summed E-state index contributed by atoms with van der Waals surface area (Å²) in [6.07, 6.45) is 16.7. The van der Waals surface area contributed by atoms with Gasteiger partial charge in [0.1, 0.15) is 0 Å². The van der Waals surface area contributed by atoms with E-state index < -0.39 is 31.0 Å². The van der Waals surface area contributed by atoms with Gasteiger partial charge in [0, 0.05) is 71.5 Å². The fourth-order valence-electron chi connectivity index (χ4n) is 11.1. The lowest BCUT2D eigenvalue weighted by Gasteiger charge is -2.42. The Kier molecular flexibility index (Phi) is 22.6. The van der Waals surface area contributed by atoms with E-state index in [2.05, 4.69) is 16.8 Å². The number of unbranched alkanes of at least 4 members (excludes halogenated alkanes) is 1. The highest BCUT2D eigenvalue weighted by Gasteiger charge is 2.37. The summed E-state index contributed by atoms with van der Waals surface area (Å²) in [7, 11) is -1.30. The standard InChI is InChI=1S/C44H77BN6O11/c1-2-40(52)46-16-5-6-17-49(27-37-9-3-4-11-39(37)45(61)62)26-34-8-7-10-36(24-34)35-14-12-33(13-15-35)25-38-28-50(31-43(57)58)21-20-47(29-41(53)54)18-19-48(30-42(55)56)22-23-51(38)32-44(59)60/h2,33-39,61-62H,1,3-32H2,(H,46,52)(H,53,54)(H,55,56)(H,57,58)(H,59,60). The molecule has 0 aromatic rings. The van der Waals surface area contributed by atoms with Gasteiger partial charge in [-0.05, 0) is 99.4 Å². The van der Waals surface area contributed by atoms with Gasteiger partial charge in [-0.3, -0.25) is 43.6 Å². The minimum Gasteiger partial charge on any atom is -0.480 e. The highest BCUT2D eigenvalue weighted by Crippen LogP contribution is 2.43. The fraction of sp³-hybridized carbons (Fsp3) is 0.841. The summed E-state index contributed by atoms with van der Waals surface area (Å²) >= 11 is 0. The summed E-state index contributed by atoms with van der Waals surface area (Å²) in [6, 6.07) is -0.287. The molecule has 1 heterocycles. The summed E-state index contributed by atoms with van der Waals surface area (Å²) in [6.45, 7) is 7.86. The van der Waals surface area contributed by atoms with Crippen LogP contribution in [0.5, 0.6) is 0 Å². The van der Waals surface area contributed by atoms with Crippen LogP contribution in [-0.2, 0) is 24.0 Å². The summed E-state index contributed by atoms with van der Waals surface area (Å²) < 4.78 is 0. The third-order valence-corrected chi connectivity index (χ3v) is 14.3. The van der Waals surface area contributed by atoms with E-state index in [0.29, 0.717) is 43.2 Å². The predicted molar refractivity (Wildman–Crippen MR) is 236 cm³/mol. The van der Waals surface area contributed by atoms with E-state index in [1.54, 1.807) is 14.7 Å². The monoisotopic (exact) mass is 877 g/mol. The molecule has 7 N–H and O–H groups in total. The molecule has 62 heavy (non-hydrogen) atoms. The molecular weight excluding hydrogens is 799 g/mol. The van der Waals surface area contributed by atoms with E-state index in [1.807, 2.05) is 4.90 Å². The Morgan fingerprint density at radius 1 is 0.645 bits per heavy atom. The van der Waals surface area contributed by atoms with Gasteiger partial charge >= 0.3 is 31.0 Å². The van der Waals surface area contributed by atoms with Gasteiger partial charge in [0.25, 0.3) is 0 Å². The van der Waals surface area contributed by atoms with Gasteiger partial charge in [0.2, 0.25) is 5.91 Å². The van der Waals surface area contributed by atoms with Crippen molar-refractivity contribution in [2.75, 3.05) is 98.2 Å². The number of nitrogens with zero attached hydrogens (tertiary/aromatic N) is 5. The molecule has 0 aromatic heterocycles. The molecule has 4 aliphatic rings. The lowest BCUT2D eigenvalue weighted by atomic mass is 9.59. The third-order valence-electron chi connectivity index (χ3n) is 14.3. The van der Waals surface area contributed by atoms with Crippen LogP contribution in [0.3, 0.4) is 0 Å². The van der Waals surface area contributed by atoms with Crippen LogP contribution in [0.25, 0.3) is 0 Å². The van der Waals surface area contributed by atoms with Gasteiger partial charge in [0.05, 0.1) is 26.2 Å². The minimum atomic E-state index is -1.30. The number of carbonyl (C=O) groups is 5. The topological polar surface area (TPSA) is 235 Å². The number of carboxylic acid groups (broad SMARTS) is 4. The summed E-state index contributed by atoms with van der Waals surface area (Å²) in [5.74, 6) is -1.97. The Balaban J connectivity index is 1.41. The first kappa shape index (κ1) is 51.5. The van der Waals surface area contributed by atoms with Crippen molar-refractivity contribution in [3.63, 3.8) is 0 Å². The average Bonchev–Trinajstić information content (AvgIpc) is 3.21. The first-order valence-electron chi connectivity index (χ1n) is 23.5. The largest absolute Gasteiger partial charge is 0.480 e. The maximum absolute atomic E-state index is 12.2. The minimum absolute atomic E-state index is 0.102. The number of carbonyl (C=O) groups excluding carboxylic acids is 1. The molecule has 0 spiro atoms. The van der Waals surface area contributed by atoms with Gasteiger partial charge in [-0.15, -0.1) is 0 Å². The molecule has 1 amide bonds. The Morgan fingerprint density at radius 3 is 1.85 bits per heavy atom. The second-order valence-corrected chi connectivity index (χ2v) is 18.9. The van der Waals surface area contributed by atoms with Gasteiger partial charge in [0.15, 0.2) is 0 Å². The second kappa shape index (κ2) is 27.3. The molecule has 0 radical (unpaired) electrons. The number of rotatable bonds is 22.